The van der Waals surface area contributed by atoms with Crippen LogP contribution in [-0.2, 0) is 6.42 Å². The Morgan fingerprint density at radius 2 is 1.67 bits per heavy atom. The topological polar surface area (TPSA) is 0 Å². The van der Waals surface area contributed by atoms with Crippen molar-refractivity contribution < 1.29 is 0 Å². The Balaban J connectivity index is 2.21. The Bertz CT molecular complexity index is 517. The third-order valence-electron chi connectivity index (χ3n) is 3.16. The second kappa shape index (κ2) is 5.32. The van der Waals surface area contributed by atoms with Gasteiger partial charge in [-0.3, -0.25) is 0 Å². The van der Waals surface area contributed by atoms with Crippen molar-refractivity contribution in [1.29, 1.82) is 0 Å². The van der Waals surface area contributed by atoms with Gasteiger partial charge in [0.05, 0.1) is 0 Å². The van der Waals surface area contributed by atoms with Gasteiger partial charge in [-0.2, -0.15) is 0 Å². The molecule has 2 rings (SSSR count). The van der Waals surface area contributed by atoms with Gasteiger partial charge in [0, 0.05) is 5.38 Å². The molecule has 96 valence electrons. The first-order valence-electron chi connectivity index (χ1n) is 6.56. The molecular weight excluding hydrogens is 240 g/mol. The van der Waals surface area contributed by atoms with Gasteiger partial charge >= 0.3 is 0 Å². The van der Waals surface area contributed by atoms with Crippen LogP contribution in [0.15, 0.2) is 42.5 Å². The zero-order chi connectivity index (χ0) is 13.2. The van der Waals surface area contributed by atoms with Gasteiger partial charge in [-0.05, 0) is 34.6 Å². The lowest BCUT2D eigenvalue weighted by molar-refractivity contribution is 0.369. The van der Waals surface area contributed by atoms with Gasteiger partial charge in [0.2, 0.25) is 0 Å². The fraction of sp³-hybridized carbons (Fsp3) is 0.412. The molecule has 2 aromatic carbocycles. The standard InChI is InChI=1S/C17H21Cl/c1-17(2,3)12-15(18)11-14-9-6-8-13-7-4-5-10-16(13)14/h4-10,15H,11-12H2,1-3H3. The number of hydrogen-bond acceptors (Lipinski definition) is 0. The highest BCUT2D eigenvalue weighted by atomic mass is 35.5. The van der Waals surface area contributed by atoms with Crippen LogP contribution in [0.5, 0.6) is 0 Å². The van der Waals surface area contributed by atoms with E-state index in [0.29, 0.717) is 0 Å². The maximum atomic E-state index is 6.50. The Hall–Kier alpha value is -1.01. The van der Waals surface area contributed by atoms with Crippen molar-refractivity contribution >= 4 is 22.4 Å². The zero-order valence-electron chi connectivity index (χ0n) is 11.4. The predicted octanol–water partition coefficient (Wildman–Crippen LogP) is 5.43. The number of alkyl halides is 1. The molecule has 1 unspecified atom stereocenters. The van der Waals surface area contributed by atoms with E-state index in [9.17, 15) is 0 Å². The average molecular weight is 261 g/mol. The summed E-state index contributed by atoms with van der Waals surface area (Å²) < 4.78 is 0. The Labute approximate surface area is 115 Å². The van der Waals surface area contributed by atoms with Gasteiger partial charge in [0.1, 0.15) is 0 Å². The summed E-state index contributed by atoms with van der Waals surface area (Å²) >= 11 is 6.50. The van der Waals surface area contributed by atoms with Crippen LogP contribution in [0, 0.1) is 5.41 Å². The molecule has 0 amide bonds. The van der Waals surface area contributed by atoms with Gasteiger partial charge in [0.25, 0.3) is 0 Å². The molecule has 2 aromatic rings. The Morgan fingerprint density at radius 3 is 2.39 bits per heavy atom. The number of halogens is 1. The van der Waals surface area contributed by atoms with Crippen molar-refractivity contribution in [3.8, 4) is 0 Å². The lowest BCUT2D eigenvalue weighted by Gasteiger charge is -2.22. The molecule has 0 aliphatic carbocycles. The number of fused-ring (bicyclic) bond motifs is 1. The second-order valence-corrected chi connectivity index (χ2v) is 6.82. The van der Waals surface area contributed by atoms with Crippen molar-refractivity contribution in [2.24, 2.45) is 5.41 Å². The largest absolute Gasteiger partial charge is 0.123 e. The van der Waals surface area contributed by atoms with Crippen molar-refractivity contribution in [2.45, 2.75) is 39.0 Å². The first-order valence-corrected chi connectivity index (χ1v) is 7.00. The van der Waals surface area contributed by atoms with E-state index in [1.165, 1.54) is 16.3 Å². The molecule has 0 aromatic heterocycles. The minimum Gasteiger partial charge on any atom is -0.123 e. The van der Waals surface area contributed by atoms with Crippen LogP contribution < -0.4 is 0 Å². The van der Waals surface area contributed by atoms with Gasteiger partial charge in [0.15, 0.2) is 0 Å². The quantitative estimate of drug-likeness (QED) is 0.646. The van der Waals surface area contributed by atoms with Crippen molar-refractivity contribution in [3.63, 3.8) is 0 Å². The van der Waals surface area contributed by atoms with Crippen LogP contribution in [0.2, 0.25) is 0 Å². The second-order valence-electron chi connectivity index (χ2n) is 6.20. The molecule has 0 N–H and O–H groups in total. The monoisotopic (exact) mass is 260 g/mol. The summed E-state index contributed by atoms with van der Waals surface area (Å²) in [7, 11) is 0. The molecule has 0 nitrogen and oxygen atoms in total. The number of benzene rings is 2. The molecular formula is C17H21Cl. The summed E-state index contributed by atoms with van der Waals surface area (Å²) in [5.41, 5.74) is 1.65. The first-order chi connectivity index (χ1) is 8.46. The van der Waals surface area contributed by atoms with Crippen LogP contribution in [-0.4, -0.2) is 5.38 Å². The van der Waals surface area contributed by atoms with Gasteiger partial charge in [-0.15, -0.1) is 11.6 Å². The van der Waals surface area contributed by atoms with Crippen LogP contribution in [0.1, 0.15) is 32.8 Å². The molecule has 18 heavy (non-hydrogen) atoms. The molecule has 0 saturated carbocycles. The number of rotatable bonds is 3. The van der Waals surface area contributed by atoms with Crippen LogP contribution in [0.3, 0.4) is 0 Å². The lowest BCUT2D eigenvalue weighted by atomic mass is 9.88. The van der Waals surface area contributed by atoms with E-state index < -0.39 is 0 Å². The highest BCUT2D eigenvalue weighted by Crippen LogP contribution is 2.28. The fourth-order valence-electron chi connectivity index (χ4n) is 2.45. The Morgan fingerprint density at radius 1 is 1.00 bits per heavy atom. The van der Waals surface area contributed by atoms with Gasteiger partial charge in [-0.1, -0.05) is 63.2 Å². The molecule has 0 saturated heterocycles. The smallest absolute Gasteiger partial charge is 0.0381 e. The van der Waals surface area contributed by atoms with E-state index in [1.807, 2.05) is 0 Å². The van der Waals surface area contributed by atoms with Crippen LogP contribution in [0.4, 0.5) is 0 Å². The van der Waals surface area contributed by atoms with Crippen molar-refractivity contribution in [1.82, 2.24) is 0 Å². The summed E-state index contributed by atoms with van der Waals surface area (Å²) in [6, 6.07) is 15.0. The third kappa shape index (κ3) is 3.49. The summed E-state index contributed by atoms with van der Waals surface area (Å²) in [6.45, 7) is 6.72. The third-order valence-corrected chi connectivity index (χ3v) is 3.46. The summed E-state index contributed by atoms with van der Waals surface area (Å²) in [4.78, 5) is 0. The molecule has 0 fully saturated rings. The van der Waals surface area contributed by atoms with Gasteiger partial charge < -0.3 is 0 Å². The molecule has 1 atom stereocenters. The van der Waals surface area contributed by atoms with E-state index in [1.54, 1.807) is 0 Å². The summed E-state index contributed by atoms with van der Waals surface area (Å²) in [5.74, 6) is 0. The van der Waals surface area contributed by atoms with Crippen LogP contribution in [0.25, 0.3) is 10.8 Å². The SMILES string of the molecule is CC(C)(C)CC(Cl)Cc1cccc2ccccc12. The molecule has 0 radical (unpaired) electrons. The average Bonchev–Trinajstić information content (AvgIpc) is 2.27. The summed E-state index contributed by atoms with van der Waals surface area (Å²) in [6.07, 6.45) is 1.98. The molecule has 0 aliphatic rings. The zero-order valence-corrected chi connectivity index (χ0v) is 12.2. The fourth-order valence-corrected chi connectivity index (χ4v) is 3.07. The molecule has 0 aliphatic heterocycles. The van der Waals surface area contributed by atoms with Crippen molar-refractivity contribution in [3.05, 3.63) is 48.0 Å². The maximum absolute atomic E-state index is 6.50. The van der Waals surface area contributed by atoms with E-state index in [4.69, 9.17) is 11.6 Å². The normalized spacial score (nSPS) is 13.8. The highest BCUT2D eigenvalue weighted by Gasteiger charge is 2.17. The van der Waals surface area contributed by atoms with E-state index in [-0.39, 0.29) is 10.8 Å². The molecule has 0 heterocycles. The maximum Gasteiger partial charge on any atom is 0.0381 e. The highest BCUT2D eigenvalue weighted by molar-refractivity contribution is 6.20. The molecule has 0 spiro atoms. The van der Waals surface area contributed by atoms with Crippen molar-refractivity contribution in [2.75, 3.05) is 0 Å². The van der Waals surface area contributed by atoms with E-state index >= 15 is 0 Å². The lowest BCUT2D eigenvalue weighted by Crippen LogP contribution is -2.15. The minimum absolute atomic E-state index is 0.204. The number of hydrogen-bond donors (Lipinski definition) is 0. The first kappa shape index (κ1) is 13.4. The van der Waals surface area contributed by atoms with Crippen LogP contribution >= 0.6 is 11.6 Å². The Kier molecular flexibility index (Phi) is 3.97. The van der Waals surface area contributed by atoms with Gasteiger partial charge in [-0.25, -0.2) is 0 Å². The molecule has 1 heteroatoms. The predicted molar refractivity (Wildman–Crippen MR) is 81.4 cm³/mol. The van der Waals surface area contributed by atoms with E-state index in [0.717, 1.165) is 12.8 Å². The summed E-state index contributed by atoms with van der Waals surface area (Å²) in [5, 5.41) is 2.84. The van der Waals surface area contributed by atoms with E-state index in [2.05, 4.69) is 63.2 Å². The minimum atomic E-state index is 0.204. The molecule has 0 bridgehead atoms.